The molecule has 0 saturated carbocycles. The van der Waals surface area contributed by atoms with Crippen molar-refractivity contribution < 1.29 is 9.90 Å². The standard InChI is InChI=1S/C30H60Cl2O2Si/c1-35(31,32)29-27-25-23-21-19-17-15-13-11-9-7-5-3-2-4-6-8-10-12-14-16-18-20-22-24-26-28-30(33)34/h2-29H2,1H3,(H,33,34). The first-order valence-electron chi connectivity index (χ1n) is 15.5. The molecule has 0 spiro atoms. The van der Waals surface area contributed by atoms with E-state index in [9.17, 15) is 4.79 Å². The Morgan fingerprint density at radius 3 is 0.857 bits per heavy atom. The summed E-state index contributed by atoms with van der Waals surface area (Å²) in [6, 6.07) is 1.05. The molecule has 0 rings (SSSR count). The van der Waals surface area contributed by atoms with Gasteiger partial charge in [-0.15, -0.1) is 22.2 Å². The predicted molar refractivity (Wildman–Crippen MR) is 160 cm³/mol. The zero-order valence-corrected chi connectivity index (χ0v) is 25.9. The number of aliphatic carboxylic acids is 1. The normalized spacial score (nSPS) is 11.9. The van der Waals surface area contributed by atoms with E-state index < -0.39 is 12.7 Å². The number of halogens is 2. The molecule has 0 aliphatic heterocycles. The predicted octanol–water partition coefficient (Wildman–Crippen LogP) is 12.2. The van der Waals surface area contributed by atoms with Gasteiger partial charge in [0, 0.05) is 6.42 Å². The molecule has 0 bridgehead atoms. The molecular weight excluding hydrogens is 491 g/mol. The Bertz CT molecular complexity index is 441. The first-order chi connectivity index (χ1) is 16.9. The third-order valence-electron chi connectivity index (χ3n) is 7.26. The van der Waals surface area contributed by atoms with Gasteiger partial charge in [0.15, 0.2) is 0 Å². The maximum Gasteiger partial charge on any atom is 0.303 e. The van der Waals surface area contributed by atoms with Crippen LogP contribution in [0.2, 0.25) is 12.6 Å². The second-order valence-electron chi connectivity index (χ2n) is 11.2. The summed E-state index contributed by atoms with van der Waals surface area (Å²) >= 11 is 12.3. The van der Waals surface area contributed by atoms with Crippen molar-refractivity contribution in [2.75, 3.05) is 0 Å². The minimum absolute atomic E-state index is 0.342. The van der Waals surface area contributed by atoms with Gasteiger partial charge in [0.05, 0.1) is 0 Å². The lowest BCUT2D eigenvalue weighted by Crippen LogP contribution is -2.11. The first-order valence-corrected chi connectivity index (χ1v) is 20.2. The first kappa shape index (κ1) is 35.3. The smallest absolute Gasteiger partial charge is 0.303 e. The molecule has 0 aromatic heterocycles. The van der Waals surface area contributed by atoms with Gasteiger partial charge >= 0.3 is 5.97 Å². The van der Waals surface area contributed by atoms with Crippen molar-refractivity contribution in [3.8, 4) is 0 Å². The van der Waals surface area contributed by atoms with Crippen LogP contribution in [0.4, 0.5) is 0 Å². The van der Waals surface area contributed by atoms with Crippen LogP contribution in [0, 0.1) is 0 Å². The molecule has 0 aromatic rings. The number of carboxylic acid groups (broad SMARTS) is 1. The molecule has 0 fully saturated rings. The van der Waals surface area contributed by atoms with Crippen molar-refractivity contribution in [2.45, 2.75) is 186 Å². The minimum Gasteiger partial charge on any atom is -0.481 e. The van der Waals surface area contributed by atoms with Crippen LogP contribution >= 0.6 is 22.2 Å². The molecule has 35 heavy (non-hydrogen) atoms. The van der Waals surface area contributed by atoms with Gasteiger partial charge in [0.25, 0.3) is 0 Å². The number of rotatable bonds is 29. The highest BCUT2D eigenvalue weighted by Crippen LogP contribution is 2.23. The van der Waals surface area contributed by atoms with E-state index in [0.29, 0.717) is 6.42 Å². The van der Waals surface area contributed by atoms with Crippen LogP contribution in [0.1, 0.15) is 173 Å². The Morgan fingerprint density at radius 1 is 0.457 bits per heavy atom. The van der Waals surface area contributed by atoms with E-state index in [1.54, 1.807) is 0 Å². The van der Waals surface area contributed by atoms with Crippen molar-refractivity contribution in [2.24, 2.45) is 0 Å². The lowest BCUT2D eigenvalue weighted by Gasteiger charge is -2.09. The third kappa shape index (κ3) is 34.3. The summed E-state index contributed by atoms with van der Waals surface area (Å²) in [5.74, 6) is -0.653. The van der Waals surface area contributed by atoms with Crippen molar-refractivity contribution >= 4 is 34.8 Å². The second kappa shape index (κ2) is 27.3. The van der Waals surface area contributed by atoms with Gasteiger partial charge in [0.1, 0.15) is 0 Å². The molecule has 0 heterocycles. The van der Waals surface area contributed by atoms with Crippen LogP contribution < -0.4 is 0 Å². The highest BCUT2D eigenvalue weighted by molar-refractivity contribution is 7.44. The topological polar surface area (TPSA) is 37.3 Å². The Hall–Kier alpha value is 0.267. The van der Waals surface area contributed by atoms with Crippen LogP contribution in [-0.2, 0) is 4.79 Å². The van der Waals surface area contributed by atoms with Gasteiger partial charge in [-0.1, -0.05) is 161 Å². The monoisotopic (exact) mass is 550 g/mol. The van der Waals surface area contributed by atoms with E-state index in [0.717, 1.165) is 18.9 Å². The Balaban J connectivity index is 3.05. The highest BCUT2D eigenvalue weighted by atomic mass is 35.7. The number of carbonyl (C=O) groups is 1. The fourth-order valence-corrected chi connectivity index (χ4v) is 6.63. The fourth-order valence-electron chi connectivity index (χ4n) is 4.95. The number of carboxylic acids is 1. The van der Waals surface area contributed by atoms with E-state index in [2.05, 4.69) is 0 Å². The summed E-state index contributed by atoms with van der Waals surface area (Å²) in [4.78, 5) is 10.5. The van der Waals surface area contributed by atoms with Crippen LogP contribution in [0.15, 0.2) is 0 Å². The second-order valence-corrected chi connectivity index (χ2v) is 19.4. The van der Waals surface area contributed by atoms with Gasteiger partial charge in [-0.05, 0) is 19.0 Å². The molecular formula is C30H60Cl2O2Si. The van der Waals surface area contributed by atoms with Crippen LogP contribution in [-0.4, -0.2) is 17.8 Å². The summed E-state index contributed by atoms with van der Waals surface area (Å²) < 4.78 is 0. The Kier molecular flexibility index (Phi) is 27.5. The molecule has 0 amide bonds. The molecule has 2 nitrogen and oxygen atoms in total. The van der Waals surface area contributed by atoms with Crippen molar-refractivity contribution in [3.63, 3.8) is 0 Å². The van der Waals surface area contributed by atoms with E-state index in [1.165, 1.54) is 154 Å². The molecule has 0 unspecified atom stereocenters. The third-order valence-corrected chi connectivity index (χ3v) is 9.62. The summed E-state index contributed by atoms with van der Waals surface area (Å²) in [7, 11) is 0. The maximum absolute atomic E-state index is 10.5. The minimum atomic E-state index is -1.85. The number of unbranched alkanes of at least 4 members (excludes halogenated alkanes) is 25. The molecule has 0 radical (unpaired) electrons. The van der Waals surface area contributed by atoms with Gasteiger partial charge in [-0.2, -0.15) is 0 Å². The van der Waals surface area contributed by atoms with Gasteiger partial charge in [-0.3, -0.25) is 4.79 Å². The summed E-state index contributed by atoms with van der Waals surface area (Å²) in [6.07, 6.45) is 35.6. The quantitative estimate of drug-likeness (QED) is 0.0570. The van der Waals surface area contributed by atoms with Crippen molar-refractivity contribution in [1.29, 1.82) is 0 Å². The zero-order chi connectivity index (χ0) is 25.9. The molecule has 0 aliphatic rings. The average molecular weight is 552 g/mol. The summed E-state index contributed by atoms with van der Waals surface area (Å²) in [5.41, 5.74) is 0. The van der Waals surface area contributed by atoms with E-state index in [-0.39, 0.29) is 0 Å². The molecule has 210 valence electrons. The maximum atomic E-state index is 10.5. The van der Waals surface area contributed by atoms with Crippen molar-refractivity contribution in [3.05, 3.63) is 0 Å². The number of hydrogen-bond acceptors (Lipinski definition) is 1. The van der Waals surface area contributed by atoms with E-state index in [4.69, 9.17) is 27.3 Å². The summed E-state index contributed by atoms with van der Waals surface area (Å²) in [5, 5.41) is 8.62. The average Bonchev–Trinajstić information content (AvgIpc) is 2.80. The van der Waals surface area contributed by atoms with Gasteiger partial charge in [-0.25, -0.2) is 0 Å². The molecule has 0 saturated heterocycles. The molecule has 0 aromatic carbocycles. The van der Waals surface area contributed by atoms with E-state index in [1.807, 2.05) is 6.55 Å². The van der Waals surface area contributed by atoms with E-state index >= 15 is 0 Å². The SMILES string of the molecule is C[Si](Cl)(Cl)CCCCCCCCCCCCCCCCCCCCCCCCCCCCC(=O)O. The largest absolute Gasteiger partial charge is 0.481 e. The molecule has 1 N–H and O–H groups in total. The van der Waals surface area contributed by atoms with Gasteiger partial charge < -0.3 is 5.11 Å². The lowest BCUT2D eigenvalue weighted by atomic mass is 10.0. The van der Waals surface area contributed by atoms with Gasteiger partial charge in [0.2, 0.25) is 6.69 Å². The fraction of sp³-hybridized carbons (Fsp3) is 0.967. The van der Waals surface area contributed by atoms with Crippen LogP contribution in [0.25, 0.3) is 0 Å². The summed E-state index contributed by atoms with van der Waals surface area (Å²) in [6.45, 7) is 0.184. The van der Waals surface area contributed by atoms with Crippen molar-refractivity contribution in [1.82, 2.24) is 0 Å². The Morgan fingerprint density at radius 2 is 0.657 bits per heavy atom. The molecule has 0 aliphatic carbocycles. The molecule has 0 atom stereocenters. The van der Waals surface area contributed by atoms with Crippen LogP contribution in [0.5, 0.6) is 0 Å². The zero-order valence-electron chi connectivity index (χ0n) is 23.4. The number of hydrogen-bond donors (Lipinski definition) is 1. The lowest BCUT2D eigenvalue weighted by molar-refractivity contribution is -0.137. The van der Waals surface area contributed by atoms with Crippen LogP contribution in [0.3, 0.4) is 0 Å². The Labute approximate surface area is 230 Å². The highest BCUT2D eigenvalue weighted by Gasteiger charge is 2.19. The molecule has 5 heteroatoms.